The van der Waals surface area contributed by atoms with Gasteiger partial charge in [-0.05, 0) is 24.6 Å². The molecule has 0 saturated carbocycles. The highest BCUT2D eigenvalue weighted by Crippen LogP contribution is 2.08. The number of esters is 1. The smallest absolute Gasteiger partial charge is 0.322 e. The van der Waals surface area contributed by atoms with Crippen molar-refractivity contribution in [2.45, 2.75) is 24.4 Å². The SMILES string of the molecule is COC(=O)C(C)NCc1ccc(S(N)(=O)=O)cc1. The van der Waals surface area contributed by atoms with Gasteiger partial charge in [0.05, 0.1) is 12.0 Å². The molecule has 1 aromatic rings. The highest BCUT2D eigenvalue weighted by atomic mass is 32.2. The van der Waals surface area contributed by atoms with Gasteiger partial charge in [-0.1, -0.05) is 12.1 Å². The van der Waals surface area contributed by atoms with Crippen LogP contribution in [0.4, 0.5) is 0 Å². The molecule has 0 aliphatic rings. The minimum absolute atomic E-state index is 0.0623. The van der Waals surface area contributed by atoms with E-state index in [9.17, 15) is 13.2 Å². The van der Waals surface area contributed by atoms with Crippen LogP contribution in [0.1, 0.15) is 12.5 Å². The zero-order chi connectivity index (χ0) is 13.8. The Bertz CT molecular complexity index is 510. The van der Waals surface area contributed by atoms with E-state index >= 15 is 0 Å². The molecule has 18 heavy (non-hydrogen) atoms. The van der Waals surface area contributed by atoms with Crippen LogP contribution in [0.25, 0.3) is 0 Å². The minimum atomic E-state index is -3.66. The summed E-state index contributed by atoms with van der Waals surface area (Å²) < 4.78 is 26.6. The van der Waals surface area contributed by atoms with E-state index in [1.165, 1.54) is 19.2 Å². The molecule has 1 atom stereocenters. The predicted octanol–water partition coefficient (Wildman–Crippen LogP) is -0.0149. The molecule has 0 aliphatic heterocycles. The van der Waals surface area contributed by atoms with E-state index in [1.54, 1.807) is 19.1 Å². The van der Waals surface area contributed by atoms with Crippen LogP contribution in [0.15, 0.2) is 29.2 Å². The fourth-order valence-corrected chi connectivity index (χ4v) is 1.84. The average Bonchev–Trinajstić information content (AvgIpc) is 2.34. The van der Waals surface area contributed by atoms with Crippen molar-refractivity contribution in [2.24, 2.45) is 5.14 Å². The van der Waals surface area contributed by atoms with Gasteiger partial charge in [0, 0.05) is 6.54 Å². The van der Waals surface area contributed by atoms with Crippen LogP contribution in [0, 0.1) is 0 Å². The van der Waals surface area contributed by atoms with E-state index in [4.69, 9.17) is 5.14 Å². The Morgan fingerprint density at radius 1 is 1.39 bits per heavy atom. The lowest BCUT2D eigenvalue weighted by Gasteiger charge is -2.11. The van der Waals surface area contributed by atoms with Gasteiger partial charge >= 0.3 is 5.97 Å². The third kappa shape index (κ3) is 4.10. The second-order valence-electron chi connectivity index (χ2n) is 3.81. The zero-order valence-electron chi connectivity index (χ0n) is 10.2. The van der Waals surface area contributed by atoms with E-state index in [0.29, 0.717) is 6.54 Å². The Hall–Kier alpha value is -1.44. The van der Waals surface area contributed by atoms with Crippen molar-refractivity contribution < 1.29 is 17.9 Å². The first-order valence-electron chi connectivity index (χ1n) is 5.27. The summed E-state index contributed by atoms with van der Waals surface area (Å²) in [6, 6.07) is 5.70. The maximum Gasteiger partial charge on any atom is 0.322 e. The Balaban J connectivity index is 2.63. The molecule has 1 unspecified atom stereocenters. The molecule has 7 heteroatoms. The summed E-state index contributed by atoms with van der Waals surface area (Å²) in [6.07, 6.45) is 0. The molecular weight excluding hydrogens is 256 g/mol. The molecule has 100 valence electrons. The molecule has 0 radical (unpaired) electrons. The number of hydrogen-bond acceptors (Lipinski definition) is 5. The van der Waals surface area contributed by atoms with Crippen LogP contribution in [0.5, 0.6) is 0 Å². The molecule has 0 bridgehead atoms. The summed E-state index contributed by atoms with van der Waals surface area (Å²) in [6.45, 7) is 2.12. The van der Waals surface area contributed by atoms with Crippen molar-refractivity contribution in [3.63, 3.8) is 0 Å². The van der Waals surface area contributed by atoms with Crippen molar-refractivity contribution in [2.75, 3.05) is 7.11 Å². The molecule has 0 heterocycles. The molecule has 1 rings (SSSR count). The van der Waals surface area contributed by atoms with Crippen LogP contribution in [0.2, 0.25) is 0 Å². The quantitative estimate of drug-likeness (QED) is 0.734. The van der Waals surface area contributed by atoms with Crippen molar-refractivity contribution in [3.05, 3.63) is 29.8 Å². The van der Waals surface area contributed by atoms with Gasteiger partial charge in [0.15, 0.2) is 0 Å². The number of benzene rings is 1. The average molecular weight is 272 g/mol. The topological polar surface area (TPSA) is 98.5 Å². The number of methoxy groups -OCH3 is 1. The first-order chi connectivity index (χ1) is 8.34. The Kier molecular flexibility index (Phi) is 4.83. The number of rotatable bonds is 5. The molecule has 6 nitrogen and oxygen atoms in total. The Morgan fingerprint density at radius 2 is 1.94 bits per heavy atom. The first-order valence-corrected chi connectivity index (χ1v) is 6.82. The summed E-state index contributed by atoms with van der Waals surface area (Å²) in [5, 5.41) is 7.93. The number of carbonyl (C=O) groups is 1. The van der Waals surface area contributed by atoms with Gasteiger partial charge in [-0.2, -0.15) is 0 Å². The minimum Gasteiger partial charge on any atom is -0.468 e. The fraction of sp³-hybridized carbons (Fsp3) is 0.364. The number of primary sulfonamides is 1. The number of nitrogens with one attached hydrogen (secondary N) is 1. The van der Waals surface area contributed by atoms with Gasteiger partial charge in [0.25, 0.3) is 0 Å². The van der Waals surface area contributed by atoms with Crippen molar-refractivity contribution in [1.29, 1.82) is 0 Å². The van der Waals surface area contributed by atoms with Crippen molar-refractivity contribution in [1.82, 2.24) is 5.32 Å². The van der Waals surface area contributed by atoms with Crippen LogP contribution < -0.4 is 10.5 Å². The van der Waals surface area contributed by atoms with Gasteiger partial charge in [0.1, 0.15) is 6.04 Å². The van der Waals surface area contributed by atoms with Crippen molar-refractivity contribution >= 4 is 16.0 Å². The largest absolute Gasteiger partial charge is 0.468 e. The number of nitrogens with two attached hydrogens (primary N) is 1. The normalized spacial score (nSPS) is 13.1. The Labute approximate surface area is 106 Å². The van der Waals surface area contributed by atoms with Crippen LogP contribution in [-0.4, -0.2) is 27.5 Å². The maximum absolute atomic E-state index is 11.1. The monoisotopic (exact) mass is 272 g/mol. The number of sulfonamides is 1. The van der Waals surface area contributed by atoms with Crippen molar-refractivity contribution in [3.8, 4) is 0 Å². The highest BCUT2D eigenvalue weighted by Gasteiger charge is 2.12. The lowest BCUT2D eigenvalue weighted by atomic mass is 10.2. The summed E-state index contributed by atoms with van der Waals surface area (Å²) in [4.78, 5) is 11.2. The maximum atomic E-state index is 11.1. The lowest BCUT2D eigenvalue weighted by Crippen LogP contribution is -2.34. The molecule has 1 aromatic carbocycles. The predicted molar refractivity (Wildman–Crippen MR) is 66.1 cm³/mol. The molecule has 0 fully saturated rings. The van der Waals surface area contributed by atoms with Crippen LogP contribution in [0.3, 0.4) is 0 Å². The van der Waals surface area contributed by atoms with Gasteiger partial charge in [-0.3, -0.25) is 4.79 Å². The van der Waals surface area contributed by atoms with E-state index in [2.05, 4.69) is 10.1 Å². The third-order valence-corrected chi connectivity index (χ3v) is 3.35. The molecular formula is C11H16N2O4S. The van der Waals surface area contributed by atoms with Gasteiger partial charge < -0.3 is 10.1 Å². The molecule has 0 saturated heterocycles. The van der Waals surface area contributed by atoms with E-state index in [1.807, 2.05) is 0 Å². The van der Waals surface area contributed by atoms with Crippen LogP contribution >= 0.6 is 0 Å². The summed E-state index contributed by atoms with van der Waals surface area (Å²) in [7, 11) is -2.34. The first kappa shape index (κ1) is 14.6. The van der Waals surface area contributed by atoms with E-state index in [-0.39, 0.29) is 10.9 Å². The molecule has 3 N–H and O–H groups in total. The summed E-state index contributed by atoms with van der Waals surface area (Å²) in [5.41, 5.74) is 0.846. The lowest BCUT2D eigenvalue weighted by molar-refractivity contribution is -0.142. The van der Waals surface area contributed by atoms with E-state index in [0.717, 1.165) is 5.56 Å². The standard InChI is InChI=1S/C11H16N2O4S/c1-8(11(14)17-2)13-7-9-3-5-10(6-4-9)18(12,15)16/h3-6,8,13H,7H2,1-2H3,(H2,12,15,16). The van der Waals surface area contributed by atoms with Gasteiger partial charge in [-0.15, -0.1) is 0 Å². The number of carbonyl (C=O) groups excluding carboxylic acids is 1. The molecule has 0 spiro atoms. The van der Waals surface area contributed by atoms with Gasteiger partial charge in [0.2, 0.25) is 10.0 Å². The third-order valence-electron chi connectivity index (χ3n) is 2.42. The fourth-order valence-electron chi connectivity index (χ4n) is 1.33. The van der Waals surface area contributed by atoms with Crippen LogP contribution in [-0.2, 0) is 26.1 Å². The van der Waals surface area contributed by atoms with Gasteiger partial charge in [-0.25, -0.2) is 13.6 Å². The summed E-state index contributed by atoms with van der Waals surface area (Å²) >= 11 is 0. The number of ether oxygens (including phenoxy) is 1. The molecule has 0 aliphatic carbocycles. The summed E-state index contributed by atoms with van der Waals surface area (Å²) in [5.74, 6) is -0.351. The second kappa shape index (κ2) is 5.94. The Morgan fingerprint density at radius 3 is 2.39 bits per heavy atom. The molecule has 0 amide bonds. The second-order valence-corrected chi connectivity index (χ2v) is 5.38. The highest BCUT2D eigenvalue weighted by molar-refractivity contribution is 7.89. The van der Waals surface area contributed by atoms with E-state index < -0.39 is 16.1 Å². The number of hydrogen-bond donors (Lipinski definition) is 2. The molecule has 0 aromatic heterocycles. The zero-order valence-corrected chi connectivity index (χ0v) is 11.0.